The lowest BCUT2D eigenvalue weighted by Gasteiger charge is -2.35. The minimum Gasteiger partial charge on any atom is -0.383 e. The molecule has 1 aromatic rings. The van der Waals surface area contributed by atoms with Crippen LogP contribution in [0.4, 0.5) is 10.1 Å². The van der Waals surface area contributed by atoms with Gasteiger partial charge in [-0.1, -0.05) is 0 Å². The first kappa shape index (κ1) is 16.2. The average Bonchev–Trinajstić information content (AvgIpc) is 2.52. The number of rotatable bonds is 7. The first-order valence-corrected chi connectivity index (χ1v) is 7.50. The van der Waals surface area contributed by atoms with Gasteiger partial charge in [-0.25, -0.2) is 4.39 Å². The Labute approximate surface area is 126 Å². The van der Waals surface area contributed by atoms with Crippen LogP contribution < -0.4 is 10.2 Å². The maximum absolute atomic E-state index is 13.5. The topological polar surface area (TPSA) is 33.7 Å². The highest BCUT2D eigenvalue weighted by Gasteiger charge is 2.21. The molecule has 1 heterocycles. The molecule has 1 fully saturated rings. The molecule has 5 heteroatoms. The van der Waals surface area contributed by atoms with Gasteiger partial charge in [0.2, 0.25) is 0 Å². The fourth-order valence-electron chi connectivity index (χ4n) is 2.75. The molecule has 1 unspecified atom stereocenters. The maximum Gasteiger partial charge on any atom is 0.123 e. The summed E-state index contributed by atoms with van der Waals surface area (Å²) in [6.45, 7) is 3.92. The Morgan fingerprint density at radius 3 is 3.00 bits per heavy atom. The number of nitrogens with one attached hydrogen (secondary N) is 1. The number of anilines is 1. The Morgan fingerprint density at radius 2 is 2.24 bits per heavy atom. The van der Waals surface area contributed by atoms with Crippen molar-refractivity contribution in [3.8, 4) is 0 Å². The van der Waals surface area contributed by atoms with E-state index in [0.29, 0.717) is 13.2 Å². The number of methoxy groups -OCH3 is 2. The monoisotopic (exact) mass is 296 g/mol. The van der Waals surface area contributed by atoms with Gasteiger partial charge in [-0.2, -0.15) is 0 Å². The predicted octanol–water partition coefficient (Wildman–Crippen LogP) is 2.18. The van der Waals surface area contributed by atoms with Crippen LogP contribution in [0.5, 0.6) is 0 Å². The van der Waals surface area contributed by atoms with Gasteiger partial charge in [0.1, 0.15) is 5.82 Å². The van der Waals surface area contributed by atoms with Crippen LogP contribution in [0.3, 0.4) is 0 Å². The van der Waals surface area contributed by atoms with E-state index in [9.17, 15) is 4.39 Å². The third kappa shape index (κ3) is 4.66. The third-order valence-electron chi connectivity index (χ3n) is 3.89. The van der Waals surface area contributed by atoms with Gasteiger partial charge in [-0.05, 0) is 36.6 Å². The Kier molecular flexibility index (Phi) is 6.42. The van der Waals surface area contributed by atoms with Gasteiger partial charge < -0.3 is 19.7 Å². The number of hydrogen-bond acceptors (Lipinski definition) is 4. The van der Waals surface area contributed by atoms with E-state index in [4.69, 9.17) is 9.47 Å². The van der Waals surface area contributed by atoms with Crippen LogP contribution in [0.2, 0.25) is 0 Å². The van der Waals surface area contributed by atoms with Crippen molar-refractivity contribution in [3.63, 3.8) is 0 Å². The van der Waals surface area contributed by atoms with Gasteiger partial charge in [0.25, 0.3) is 0 Å². The van der Waals surface area contributed by atoms with Crippen molar-refractivity contribution in [2.45, 2.75) is 25.5 Å². The molecule has 0 radical (unpaired) electrons. The van der Waals surface area contributed by atoms with E-state index in [0.717, 1.165) is 43.7 Å². The highest BCUT2D eigenvalue weighted by molar-refractivity contribution is 5.54. The van der Waals surface area contributed by atoms with Gasteiger partial charge >= 0.3 is 0 Å². The molecular formula is C16H25FN2O2. The highest BCUT2D eigenvalue weighted by Crippen LogP contribution is 2.26. The predicted molar refractivity (Wildman–Crippen MR) is 82.2 cm³/mol. The molecule has 118 valence electrons. The van der Waals surface area contributed by atoms with Gasteiger partial charge in [0.05, 0.1) is 12.7 Å². The van der Waals surface area contributed by atoms with E-state index in [1.54, 1.807) is 20.3 Å². The quantitative estimate of drug-likeness (QED) is 0.782. The highest BCUT2D eigenvalue weighted by atomic mass is 19.1. The van der Waals surface area contributed by atoms with Gasteiger partial charge in [-0.15, -0.1) is 0 Å². The Hall–Kier alpha value is -1.17. The molecule has 1 aromatic carbocycles. The molecule has 0 saturated carbocycles. The first-order valence-electron chi connectivity index (χ1n) is 7.50. The number of benzene rings is 1. The number of nitrogens with zero attached hydrogens (tertiary/aromatic N) is 1. The van der Waals surface area contributed by atoms with Crippen LogP contribution in [0, 0.1) is 5.82 Å². The van der Waals surface area contributed by atoms with Crippen LogP contribution in [-0.4, -0.2) is 46.6 Å². The van der Waals surface area contributed by atoms with Crippen molar-refractivity contribution in [1.82, 2.24) is 5.32 Å². The zero-order chi connectivity index (χ0) is 15.1. The van der Waals surface area contributed by atoms with Crippen molar-refractivity contribution in [3.05, 3.63) is 29.6 Å². The summed E-state index contributed by atoms with van der Waals surface area (Å²) in [5.74, 6) is -0.192. The number of ether oxygens (including phenoxy) is 2. The lowest BCUT2D eigenvalue weighted by molar-refractivity contribution is 0.0893. The van der Waals surface area contributed by atoms with Crippen LogP contribution >= 0.6 is 0 Å². The molecule has 4 nitrogen and oxygen atoms in total. The fraction of sp³-hybridized carbons (Fsp3) is 0.625. The molecule has 1 atom stereocenters. The third-order valence-corrected chi connectivity index (χ3v) is 3.89. The van der Waals surface area contributed by atoms with Crippen LogP contribution in [-0.2, 0) is 16.0 Å². The zero-order valence-electron chi connectivity index (χ0n) is 12.9. The Balaban J connectivity index is 2.06. The minimum absolute atomic E-state index is 0.192. The summed E-state index contributed by atoms with van der Waals surface area (Å²) >= 11 is 0. The lowest BCUT2D eigenvalue weighted by Crippen LogP contribution is -2.40. The lowest BCUT2D eigenvalue weighted by atomic mass is 10.0. The van der Waals surface area contributed by atoms with Gasteiger partial charge in [0, 0.05) is 46.1 Å². The summed E-state index contributed by atoms with van der Waals surface area (Å²) in [5.41, 5.74) is 2.09. The molecule has 0 spiro atoms. The average molecular weight is 296 g/mol. The molecule has 1 saturated heterocycles. The van der Waals surface area contributed by atoms with Gasteiger partial charge in [0.15, 0.2) is 0 Å². The molecule has 0 aromatic heterocycles. The summed E-state index contributed by atoms with van der Waals surface area (Å²) in [7, 11) is 3.43. The van der Waals surface area contributed by atoms with Gasteiger partial charge in [-0.3, -0.25) is 0 Å². The molecule has 0 amide bonds. The molecular weight excluding hydrogens is 271 g/mol. The molecule has 1 N–H and O–H groups in total. The van der Waals surface area contributed by atoms with E-state index in [1.165, 1.54) is 6.07 Å². The van der Waals surface area contributed by atoms with E-state index in [2.05, 4.69) is 10.2 Å². The van der Waals surface area contributed by atoms with E-state index in [-0.39, 0.29) is 11.9 Å². The smallest absolute Gasteiger partial charge is 0.123 e. The Bertz CT molecular complexity index is 442. The number of hydrogen-bond donors (Lipinski definition) is 1. The second kappa shape index (κ2) is 8.32. The maximum atomic E-state index is 13.5. The van der Waals surface area contributed by atoms with Crippen molar-refractivity contribution in [2.75, 3.05) is 45.4 Å². The standard InChI is InChI=1S/C16H25FN2O2/c1-20-9-7-18-11-13-10-14(17)5-6-16(13)19-8-3-4-15(12-19)21-2/h5-6,10,15,18H,3-4,7-9,11-12H2,1-2H3. The largest absolute Gasteiger partial charge is 0.383 e. The summed E-state index contributed by atoms with van der Waals surface area (Å²) in [6.07, 6.45) is 2.46. The van der Waals surface area contributed by atoms with Crippen molar-refractivity contribution >= 4 is 5.69 Å². The molecule has 0 bridgehead atoms. The van der Waals surface area contributed by atoms with E-state index < -0.39 is 0 Å². The molecule has 21 heavy (non-hydrogen) atoms. The second-order valence-corrected chi connectivity index (χ2v) is 5.39. The fourth-order valence-corrected chi connectivity index (χ4v) is 2.75. The molecule has 1 aliphatic heterocycles. The SMILES string of the molecule is COCCNCc1cc(F)ccc1N1CCCC(OC)C1. The van der Waals surface area contributed by atoms with E-state index in [1.807, 2.05) is 6.07 Å². The molecule has 0 aliphatic carbocycles. The number of piperidine rings is 1. The van der Waals surface area contributed by atoms with Crippen molar-refractivity contribution < 1.29 is 13.9 Å². The molecule has 1 aliphatic rings. The second-order valence-electron chi connectivity index (χ2n) is 5.39. The first-order chi connectivity index (χ1) is 10.2. The van der Waals surface area contributed by atoms with Crippen molar-refractivity contribution in [2.24, 2.45) is 0 Å². The summed E-state index contributed by atoms with van der Waals surface area (Å²) < 4.78 is 24.0. The van der Waals surface area contributed by atoms with Crippen LogP contribution in [0.25, 0.3) is 0 Å². The minimum atomic E-state index is -0.192. The van der Waals surface area contributed by atoms with Crippen LogP contribution in [0.15, 0.2) is 18.2 Å². The zero-order valence-corrected chi connectivity index (χ0v) is 12.9. The Morgan fingerprint density at radius 1 is 1.38 bits per heavy atom. The number of halogens is 1. The normalized spacial score (nSPS) is 19.0. The van der Waals surface area contributed by atoms with E-state index >= 15 is 0 Å². The summed E-state index contributed by atoms with van der Waals surface area (Å²) in [6, 6.07) is 5.02. The van der Waals surface area contributed by atoms with Crippen LogP contribution in [0.1, 0.15) is 18.4 Å². The summed E-state index contributed by atoms with van der Waals surface area (Å²) in [4.78, 5) is 2.30. The van der Waals surface area contributed by atoms with Crippen molar-refractivity contribution in [1.29, 1.82) is 0 Å². The molecule has 2 rings (SSSR count). The summed E-state index contributed by atoms with van der Waals surface area (Å²) in [5, 5.41) is 3.28.